The summed E-state index contributed by atoms with van der Waals surface area (Å²) in [6.45, 7) is 1.94. The highest BCUT2D eigenvalue weighted by Crippen LogP contribution is 2.36. The topological polar surface area (TPSA) is 88.5 Å². The molecule has 20 heavy (non-hydrogen) atoms. The summed E-state index contributed by atoms with van der Waals surface area (Å²) in [5.41, 5.74) is 0.789. The van der Waals surface area contributed by atoms with Crippen LogP contribution >= 0.6 is 11.8 Å². The van der Waals surface area contributed by atoms with E-state index in [1.54, 1.807) is 4.57 Å². The van der Waals surface area contributed by atoms with Crippen LogP contribution in [0.15, 0.2) is 16.0 Å². The average Bonchev–Trinajstić information content (AvgIpc) is 3.19. The fourth-order valence-corrected chi connectivity index (χ4v) is 2.87. The van der Waals surface area contributed by atoms with E-state index in [0.29, 0.717) is 17.0 Å². The molecule has 2 aromatic rings. The van der Waals surface area contributed by atoms with Crippen molar-refractivity contribution in [1.82, 2.24) is 24.7 Å². The molecule has 3 rings (SSSR count). The first-order valence-electron chi connectivity index (χ1n) is 6.49. The van der Waals surface area contributed by atoms with Crippen LogP contribution < -0.4 is 11.0 Å². The summed E-state index contributed by atoms with van der Waals surface area (Å²) in [5, 5.41) is 10.3. The Morgan fingerprint density at radius 2 is 2.30 bits per heavy atom. The van der Waals surface area contributed by atoms with Crippen molar-refractivity contribution in [2.75, 3.05) is 12.4 Å². The van der Waals surface area contributed by atoms with Crippen molar-refractivity contribution in [3.05, 3.63) is 28.1 Å². The Kier molecular flexibility index (Phi) is 3.47. The zero-order valence-electron chi connectivity index (χ0n) is 11.4. The lowest BCUT2D eigenvalue weighted by Crippen LogP contribution is -2.16. The molecule has 2 heterocycles. The number of aromatic nitrogens is 5. The quantitative estimate of drug-likeness (QED) is 0.808. The van der Waals surface area contributed by atoms with E-state index in [9.17, 15) is 4.79 Å². The number of hydrogen-bond donors (Lipinski definition) is 2. The smallest absolute Gasteiger partial charge is 0.344 e. The number of anilines is 1. The van der Waals surface area contributed by atoms with Crippen molar-refractivity contribution in [3.8, 4) is 0 Å². The Hall–Kier alpha value is -1.83. The highest BCUT2D eigenvalue weighted by atomic mass is 32.2. The van der Waals surface area contributed by atoms with Gasteiger partial charge < -0.3 is 5.32 Å². The van der Waals surface area contributed by atoms with E-state index < -0.39 is 0 Å². The Balaban J connectivity index is 1.76. The van der Waals surface area contributed by atoms with Crippen LogP contribution in [-0.2, 0) is 5.75 Å². The van der Waals surface area contributed by atoms with Gasteiger partial charge in [-0.1, -0.05) is 11.8 Å². The van der Waals surface area contributed by atoms with E-state index >= 15 is 0 Å². The van der Waals surface area contributed by atoms with Crippen LogP contribution in [0.2, 0.25) is 0 Å². The lowest BCUT2D eigenvalue weighted by Gasteiger charge is -2.05. The first-order valence-corrected chi connectivity index (χ1v) is 7.48. The molecule has 2 aromatic heterocycles. The van der Waals surface area contributed by atoms with Crippen LogP contribution in [0.5, 0.6) is 0 Å². The summed E-state index contributed by atoms with van der Waals surface area (Å²) in [4.78, 5) is 20.5. The number of rotatable bonds is 5. The second kappa shape index (κ2) is 5.28. The maximum Gasteiger partial charge on any atom is 0.344 e. The van der Waals surface area contributed by atoms with Gasteiger partial charge >= 0.3 is 5.69 Å². The number of thioether (sulfide) groups is 1. The SMILES string of the molecule is CNc1cc(C)nc(CSc2n[nH]c(=O)n2C2CC2)n1. The summed E-state index contributed by atoms with van der Waals surface area (Å²) < 4.78 is 1.74. The number of H-pyrrole nitrogens is 1. The van der Waals surface area contributed by atoms with Crippen LogP contribution in [0.3, 0.4) is 0 Å². The van der Waals surface area contributed by atoms with Crippen molar-refractivity contribution >= 4 is 17.6 Å². The molecule has 0 aliphatic heterocycles. The molecular weight excluding hydrogens is 276 g/mol. The van der Waals surface area contributed by atoms with Gasteiger partial charge in [-0.05, 0) is 19.8 Å². The fourth-order valence-electron chi connectivity index (χ4n) is 2.00. The first kappa shape index (κ1) is 13.2. The Morgan fingerprint density at radius 3 is 3.00 bits per heavy atom. The number of aryl methyl sites for hydroxylation is 1. The minimum absolute atomic E-state index is 0.129. The molecule has 0 bridgehead atoms. The molecular formula is C12H16N6OS. The molecule has 0 unspecified atom stereocenters. The third-order valence-electron chi connectivity index (χ3n) is 3.07. The molecule has 1 aliphatic carbocycles. The van der Waals surface area contributed by atoms with Crippen molar-refractivity contribution in [3.63, 3.8) is 0 Å². The Morgan fingerprint density at radius 1 is 1.50 bits per heavy atom. The predicted molar refractivity (Wildman–Crippen MR) is 77.0 cm³/mol. The van der Waals surface area contributed by atoms with Gasteiger partial charge in [0, 0.05) is 24.8 Å². The van der Waals surface area contributed by atoms with Crippen molar-refractivity contribution in [2.24, 2.45) is 0 Å². The fraction of sp³-hybridized carbons (Fsp3) is 0.500. The van der Waals surface area contributed by atoms with Crippen LogP contribution in [0.25, 0.3) is 0 Å². The van der Waals surface area contributed by atoms with E-state index in [-0.39, 0.29) is 5.69 Å². The van der Waals surface area contributed by atoms with Gasteiger partial charge in [0.1, 0.15) is 11.6 Å². The summed E-state index contributed by atoms with van der Waals surface area (Å²) in [6, 6.07) is 2.21. The average molecular weight is 292 g/mol. The minimum Gasteiger partial charge on any atom is -0.373 e. The lowest BCUT2D eigenvalue weighted by molar-refractivity contribution is 0.642. The molecule has 0 amide bonds. The van der Waals surface area contributed by atoms with Crippen molar-refractivity contribution < 1.29 is 0 Å². The monoisotopic (exact) mass is 292 g/mol. The van der Waals surface area contributed by atoms with Gasteiger partial charge in [0.05, 0.1) is 5.75 Å². The zero-order valence-corrected chi connectivity index (χ0v) is 12.2. The van der Waals surface area contributed by atoms with E-state index in [0.717, 1.165) is 30.2 Å². The van der Waals surface area contributed by atoms with Gasteiger partial charge in [0.25, 0.3) is 0 Å². The van der Waals surface area contributed by atoms with Crippen LogP contribution in [0, 0.1) is 6.92 Å². The standard InChI is InChI=1S/C12H16N6OS/c1-7-5-9(13-2)15-10(14-7)6-20-12-17-16-11(19)18(12)8-3-4-8/h5,8H,3-4,6H2,1-2H3,(H,16,19)(H,13,14,15). The van der Waals surface area contributed by atoms with Gasteiger partial charge in [-0.3, -0.25) is 4.57 Å². The maximum absolute atomic E-state index is 11.7. The second-order valence-corrected chi connectivity index (χ2v) is 5.70. The van der Waals surface area contributed by atoms with E-state index in [1.165, 1.54) is 11.8 Å². The maximum atomic E-state index is 11.7. The summed E-state index contributed by atoms with van der Waals surface area (Å²) in [5.74, 6) is 2.12. The number of nitrogens with zero attached hydrogens (tertiary/aromatic N) is 4. The minimum atomic E-state index is -0.129. The normalized spacial score (nSPS) is 14.5. The third-order valence-corrected chi connectivity index (χ3v) is 4.02. The molecule has 2 N–H and O–H groups in total. The number of hydrogen-bond acceptors (Lipinski definition) is 6. The Bertz CT molecular complexity index is 675. The molecule has 1 fully saturated rings. The third kappa shape index (κ3) is 2.69. The second-order valence-electron chi connectivity index (χ2n) is 4.76. The predicted octanol–water partition coefficient (Wildman–Crippen LogP) is 1.34. The van der Waals surface area contributed by atoms with E-state index in [1.807, 2.05) is 20.0 Å². The number of aromatic amines is 1. The van der Waals surface area contributed by atoms with E-state index in [4.69, 9.17) is 0 Å². The van der Waals surface area contributed by atoms with Crippen molar-refractivity contribution in [2.45, 2.75) is 36.7 Å². The van der Waals surface area contributed by atoms with Crippen LogP contribution in [0.4, 0.5) is 5.82 Å². The van der Waals surface area contributed by atoms with Gasteiger partial charge in [-0.2, -0.15) is 0 Å². The van der Waals surface area contributed by atoms with Gasteiger partial charge in [0.2, 0.25) is 0 Å². The molecule has 106 valence electrons. The van der Waals surface area contributed by atoms with Gasteiger partial charge in [0.15, 0.2) is 5.16 Å². The molecule has 0 saturated heterocycles. The zero-order chi connectivity index (χ0) is 14.1. The molecule has 1 saturated carbocycles. The molecule has 0 radical (unpaired) electrons. The summed E-state index contributed by atoms with van der Waals surface area (Å²) >= 11 is 1.49. The summed E-state index contributed by atoms with van der Waals surface area (Å²) in [7, 11) is 1.83. The van der Waals surface area contributed by atoms with Crippen molar-refractivity contribution in [1.29, 1.82) is 0 Å². The van der Waals surface area contributed by atoms with Crippen LogP contribution in [-0.4, -0.2) is 31.8 Å². The van der Waals surface area contributed by atoms with Crippen LogP contribution in [0.1, 0.15) is 30.4 Å². The first-order chi connectivity index (χ1) is 9.67. The lowest BCUT2D eigenvalue weighted by atomic mass is 10.4. The van der Waals surface area contributed by atoms with E-state index in [2.05, 4.69) is 25.5 Å². The molecule has 0 aromatic carbocycles. The molecule has 0 spiro atoms. The largest absolute Gasteiger partial charge is 0.373 e. The van der Waals surface area contributed by atoms with Gasteiger partial charge in [-0.15, -0.1) is 5.10 Å². The summed E-state index contributed by atoms with van der Waals surface area (Å²) in [6.07, 6.45) is 2.11. The number of nitrogens with one attached hydrogen (secondary N) is 2. The molecule has 1 aliphatic rings. The molecule has 0 atom stereocenters. The molecule has 8 heteroatoms. The Labute approximate surface area is 120 Å². The molecule has 7 nitrogen and oxygen atoms in total. The van der Waals surface area contributed by atoms with Gasteiger partial charge in [-0.25, -0.2) is 19.9 Å². The highest BCUT2D eigenvalue weighted by molar-refractivity contribution is 7.98. The highest BCUT2D eigenvalue weighted by Gasteiger charge is 2.28.